The van der Waals surface area contributed by atoms with Gasteiger partial charge in [-0.05, 0) is 86.7 Å². The molecule has 24 heteroatoms. The fourth-order valence-corrected chi connectivity index (χ4v) is 12.8. The molecule has 0 bridgehead atoms. The van der Waals surface area contributed by atoms with Gasteiger partial charge in [-0.3, -0.25) is 47.9 Å². The summed E-state index contributed by atoms with van der Waals surface area (Å²) in [7, 11) is 3.90. The fraction of sp³-hybridized carbons (Fsp3) is 0.603. The van der Waals surface area contributed by atoms with Gasteiger partial charge in [-0.2, -0.15) is 11.8 Å². The molecule has 1 aromatic heterocycles. The molecule has 9 amide bonds. The molecule has 11 N–H and O–H groups in total. The van der Waals surface area contributed by atoms with Crippen molar-refractivity contribution >= 4 is 70.9 Å². The lowest BCUT2D eigenvalue weighted by atomic mass is 9.84. The molecule has 564 valence electrons. The van der Waals surface area contributed by atoms with E-state index in [4.69, 9.17) is 0 Å². The van der Waals surface area contributed by atoms with E-state index >= 15 is 9.59 Å². The zero-order chi connectivity index (χ0) is 74.3. The number of aryl methyl sites for hydroxylation is 1. The second-order valence-corrected chi connectivity index (χ2v) is 28.8. The molecule has 102 heavy (non-hydrogen) atoms. The first-order valence-corrected chi connectivity index (χ1v) is 38.8. The Kier molecular flexibility index (Phi) is 42.5. The van der Waals surface area contributed by atoms with Gasteiger partial charge in [0.15, 0.2) is 6.54 Å². The number of likely N-dealkylation sites (N-methyl/N-ethyl adjacent to an activating group) is 1. The van der Waals surface area contributed by atoms with E-state index in [9.17, 15) is 43.5 Å². The van der Waals surface area contributed by atoms with Crippen LogP contribution in [0.3, 0.4) is 0 Å². The molecule has 0 radical (unpaired) electrons. The average Bonchev–Trinajstić information content (AvgIpc) is 1.22. The number of benzene rings is 3. The summed E-state index contributed by atoms with van der Waals surface area (Å²) in [5, 5.41) is 35.4. The van der Waals surface area contributed by atoms with E-state index in [2.05, 4.69) is 76.9 Å². The summed E-state index contributed by atoms with van der Waals surface area (Å²) < 4.78 is 0.364. The number of aliphatic carboxylic acids is 1. The summed E-state index contributed by atoms with van der Waals surface area (Å²) in [5.74, 6) is -6.92. The van der Waals surface area contributed by atoms with Crippen LogP contribution in [0.5, 0.6) is 0 Å². The molecule has 4 aromatic rings. The standard InChI is InChI=1S/C78H120N12O11S/c1-8-10-11-12-13-14-15-16-17-18-19-20-32-44-67(91)81-49-50-90(5,6)54-69(93)80-47-35-33-43-63(73(96)82-48-34-24-27-38-58-36-25-21-26-37-58)86-74(97)62(9-2)85-78(101)72(71(59-39-28-22-29-40-59)60-41-30-23-31-42-60)89-76(99)65(52-61-53-79-56-83-61)87-77(100)66(55-102-7)88-75(98)64(45-46-70(94)95)84-68(92)51-57(3)4/h21-23,25-26,28-31,36-37,39-42,53,56-57,62-66,71-72H,8-20,24,27,32-35,38,43-52,54-55H2,1-7H3,(H10-,79,80,81,82,83,84,85,86,87,88,89,91,92,93,94,95,96,97,98,99,100,101)/p+1/t62-,63-,64-,65-,66-,72-/m0/s1. The molecule has 0 saturated heterocycles. The molecule has 0 spiro atoms. The van der Waals surface area contributed by atoms with Crippen LogP contribution in [-0.4, -0.2) is 174 Å². The Morgan fingerprint density at radius 2 is 1.01 bits per heavy atom. The van der Waals surface area contributed by atoms with Gasteiger partial charge in [-0.1, -0.05) is 202 Å². The van der Waals surface area contributed by atoms with Crippen LogP contribution in [0, 0.1) is 5.92 Å². The zero-order valence-electron chi connectivity index (χ0n) is 61.9. The van der Waals surface area contributed by atoms with Crippen molar-refractivity contribution in [2.45, 2.75) is 237 Å². The molecule has 1 heterocycles. The highest BCUT2D eigenvalue weighted by atomic mass is 32.2. The van der Waals surface area contributed by atoms with Crippen molar-refractivity contribution in [3.63, 3.8) is 0 Å². The van der Waals surface area contributed by atoms with Crippen LogP contribution in [0.15, 0.2) is 104 Å². The SMILES string of the molecule is CCCCCCCCCCCCCCCC(=O)NCC[N+](C)(C)CC(=O)NCCCC[C@H](NC(=O)[C@H](CC)NC(=O)[C@@H](NC(=O)[C@H](Cc1cnc[nH]1)NC(=O)[C@H](CSC)NC(=O)[C@H](CCC(=O)O)NC(=O)CC(C)C)C(c1ccccc1)c1ccccc1)C(=O)NCCCCCc1ccccc1. The van der Waals surface area contributed by atoms with Gasteiger partial charge in [0, 0.05) is 62.3 Å². The summed E-state index contributed by atoms with van der Waals surface area (Å²) in [6.45, 7) is 9.50. The fourth-order valence-electron chi connectivity index (χ4n) is 12.2. The molecule has 6 atom stereocenters. The third-order valence-corrected chi connectivity index (χ3v) is 18.7. The molecule has 0 fully saturated rings. The Morgan fingerprint density at radius 1 is 0.500 bits per heavy atom. The molecule has 0 saturated carbocycles. The number of carboxylic acid groups (broad SMARTS) is 1. The van der Waals surface area contributed by atoms with Crippen molar-refractivity contribution in [3.05, 3.63) is 126 Å². The lowest BCUT2D eigenvalue weighted by Crippen LogP contribution is -2.61. The molecule has 0 aliphatic carbocycles. The van der Waals surface area contributed by atoms with Gasteiger partial charge in [0.25, 0.3) is 5.91 Å². The van der Waals surface area contributed by atoms with Crippen molar-refractivity contribution in [3.8, 4) is 0 Å². The molecule has 0 aliphatic heterocycles. The monoisotopic (exact) mass is 1430 g/mol. The number of unbranched alkanes of at least 4 members (excludes halogenated alkanes) is 15. The van der Waals surface area contributed by atoms with Gasteiger partial charge < -0.3 is 62.4 Å². The van der Waals surface area contributed by atoms with E-state index in [1.807, 2.05) is 82.5 Å². The Morgan fingerprint density at radius 3 is 1.59 bits per heavy atom. The molecule has 3 aromatic carbocycles. The lowest BCUT2D eigenvalue weighted by molar-refractivity contribution is -0.881. The number of aromatic amines is 1. The van der Waals surface area contributed by atoms with Gasteiger partial charge in [0.1, 0.15) is 36.3 Å². The van der Waals surface area contributed by atoms with Crippen LogP contribution >= 0.6 is 11.8 Å². The first-order chi connectivity index (χ1) is 49.1. The van der Waals surface area contributed by atoms with Gasteiger partial charge in [-0.25, -0.2) is 4.98 Å². The number of carbonyl (C=O) groups is 10. The minimum atomic E-state index is -1.46. The normalized spacial score (nSPS) is 13.1. The van der Waals surface area contributed by atoms with Crippen LogP contribution in [0.4, 0.5) is 0 Å². The number of H-pyrrole nitrogens is 1. The number of amides is 9. The predicted molar refractivity (Wildman–Crippen MR) is 403 cm³/mol. The second kappa shape index (κ2) is 50.3. The Hall–Kier alpha value is -8.12. The lowest BCUT2D eigenvalue weighted by Gasteiger charge is -2.31. The van der Waals surface area contributed by atoms with E-state index in [1.54, 1.807) is 37.4 Å². The molecular formula is C78H121N12O11S+. The van der Waals surface area contributed by atoms with Gasteiger partial charge in [0.05, 0.1) is 33.5 Å². The smallest absolute Gasteiger partial charge is 0.303 e. The third kappa shape index (κ3) is 36.2. The highest BCUT2D eigenvalue weighted by molar-refractivity contribution is 7.98. The van der Waals surface area contributed by atoms with Crippen molar-refractivity contribution in [2.75, 3.05) is 58.8 Å². The molecule has 4 rings (SSSR count). The topological polar surface area (TPSA) is 328 Å². The van der Waals surface area contributed by atoms with E-state index in [1.165, 1.54) is 94.1 Å². The van der Waals surface area contributed by atoms with Gasteiger partial charge in [0.2, 0.25) is 47.3 Å². The van der Waals surface area contributed by atoms with Gasteiger partial charge >= 0.3 is 5.97 Å². The number of carbonyl (C=O) groups excluding carboxylic acids is 9. The van der Waals surface area contributed by atoms with E-state index in [0.29, 0.717) is 73.2 Å². The quantitative estimate of drug-likeness (QED) is 0.0146. The first-order valence-electron chi connectivity index (χ1n) is 37.4. The average molecular weight is 1430 g/mol. The number of imidazole rings is 1. The highest BCUT2D eigenvalue weighted by Crippen LogP contribution is 2.29. The summed E-state index contributed by atoms with van der Waals surface area (Å²) in [5.41, 5.74) is 2.92. The Balaban J connectivity index is 1.48. The summed E-state index contributed by atoms with van der Waals surface area (Å²) >= 11 is 1.22. The van der Waals surface area contributed by atoms with Crippen molar-refractivity contribution in [1.82, 2.24) is 57.8 Å². The number of hydrogen-bond donors (Lipinski definition) is 11. The van der Waals surface area contributed by atoms with Crippen LogP contribution in [0.1, 0.15) is 210 Å². The Bertz CT molecular complexity index is 3050. The number of nitrogens with zero attached hydrogens (tertiary/aromatic N) is 2. The highest BCUT2D eigenvalue weighted by Gasteiger charge is 2.38. The molecular weight excluding hydrogens is 1310 g/mol. The van der Waals surface area contributed by atoms with Crippen molar-refractivity contribution < 1.29 is 57.5 Å². The zero-order valence-corrected chi connectivity index (χ0v) is 62.7. The minimum Gasteiger partial charge on any atom is -0.481 e. The van der Waals surface area contributed by atoms with E-state index in [-0.39, 0.29) is 62.1 Å². The largest absolute Gasteiger partial charge is 0.481 e. The van der Waals surface area contributed by atoms with Crippen molar-refractivity contribution in [2.24, 2.45) is 5.92 Å². The summed E-state index contributed by atoms with van der Waals surface area (Å²) in [6.07, 6.45) is 25.0. The number of nitrogens with one attached hydrogen (secondary N) is 10. The number of thioether (sulfide) groups is 1. The van der Waals surface area contributed by atoms with Gasteiger partial charge in [-0.15, -0.1) is 0 Å². The first kappa shape index (κ1) is 86.3. The van der Waals surface area contributed by atoms with Crippen LogP contribution in [0.25, 0.3) is 0 Å². The predicted octanol–water partition coefficient (Wildman–Crippen LogP) is 8.87. The number of rotatable bonds is 55. The molecule has 0 aliphatic rings. The Labute approximate surface area is 610 Å². The van der Waals surface area contributed by atoms with Crippen molar-refractivity contribution in [1.29, 1.82) is 0 Å². The van der Waals surface area contributed by atoms with E-state index < -0.39 is 95.9 Å². The maximum atomic E-state index is 15.4. The number of aromatic nitrogens is 2. The van der Waals surface area contributed by atoms with Crippen LogP contribution in [0.2, 0.25) is 0 Å². The van der Waals surface area contributed by atoms with Crippen LogP contribution < -0.4 is 47.9 Å². The second-order valence-electron chi connectivity index (χ2n) is 27.9. The van der Waals surface area contributed by atoms with E-state index in [0.717, 1.165) is 38.5 Å². The molecule has 23 nitrogen and oxygen atoms in total. The third-order valence-electron chi connectivity index (χ3n) is 18.0. The maximum absolute atomic E-state index is 15.4. The minimum absolute atomic E-state index is 0.00933. The van der Waals surface area contributed by atoms with Crippen LogP contribution in [-0.2, 0) is 60.8 Å². The number of quaternary nitrogens is 1. The summed E-state index contributed by atoms with van der Waals surface area (Å²) in [4.78, 5) is 145. The number of hydrogen-bond acceptors (Lipinski definition) is 12. The molecule has 0 unspecified atom stereocenters. The summed E-state index contributed by atoms with van der Waals surface area (Å²) in [6, 6.07) is 20.5. The number of carboxylic acids is 1. The maximum Gasteiger partial charge on any atom is 0.303 e.